The summed E-state index contributed by atoms with van der Waals surface area (Å²) in [6, 6.07) is 6.25. The van der Waals surface area contributed by atoms with Gasteiger partial charge in [0.1, 0.15) is 5.75 Å². The van der Waals surface area contributed by atoms with Crippen LogP contribution < -0.4 is 0 Å². The lowest BCUT2D eigenvalue weighted by atomic mass is 10.0. The molecule has 0 heterocycles. The van der Waals surface area contributed by atoms with Crippen molar-refractivity contribution in [3.63, 3.8) is 0 Å². The van der Waals surface area contributed by atoms with Gasteiger partial charge in [0.15, 0.2) is 0 Å². The molecular weight excluding hydrogens is 210 g/mol. The molecule has 1 aromatic rings. The Labute approximate surface area is 103 Å². The average molecular weight is 231 g/mol. The lowest BCUT2D eigenvalue weighted by Crippen LogP contribution is -2.10. The number of benzene rings is 1. The number of para-hydroxylation sites is 1. The van der Waals surface area contributed by atoms with E-state index in [-0.39, 0.29) is 0 Å². The predicted octanol–water partition coefficient (Wildman–Crippen LogP) is 3.70. The van der Waals surface area contributed by atoms with E-state index in [1.54, 1.807) is 0 Å². The number of phenols is 1. The fourth-order valence-corrected chi connectivity index (χ4v) is 2.65. The molecule has 2 nitrogen and oxygen atoms in total. The molecule has 1 fully saturated rings. The van der Waals surface area contributed by atoms with E-state index in [9.17, 15) is 5.11 Å². The quantitative estimate of drug-likeness (QED) is 0.790. The van der Waals surface area contributed by atoms with Gasteiger partial charge in [-0.3, -0.25) is 4.99 Å². The van der Waals surface area contributed by atoms with E-state index < -0.39 is 0 Å². The van der Waals surface area contributed by atoms with Crippen LogP contribution in [0, 0.1) is 12.8 Å². The molecule has 1 aromatic carbocycles. The second-order valence-electron chi connectivity index (χ2n) is 4.96. The topological polar surface area (TPSA) is 32.6 Å². The van der Waals surface area contributed by atoms with Crippen LogP contribution in [0.3, 0.4) is 0 Å². The highest BCUT2D eigenvalue weighted by Crippen LogP contribution is 2.30. The molecule has 0 amide bonds. The Bertz CT molecular complexity index is 411. The first-order valence-electron chi connectivity index (χ1n) is 6.54. The normalized spacial score (nSPS) is 24.6. The minimum absolute atomic E-state index is 0.363. The van der Waals surface area contributed by atoms with E-state index >= 15 is 0 Å². The molecule has 2 atom stereocenters. The van der Waals surface area contributed by atoms with E-state index in [0.29, 0.717) is 11.8 Å². The van der Waals surface area contributed by atoms with Gasteiger partial charge in [0.05, 0.1) is 6.04 Å². The van der Waals surface area contributed by atoms with Crippen LogP contribution >= 0.6 is 0 Å². The van der Waals surface area contributed by atoms with E-state index in [1.165, 1.54) is 25.7 Å². The van der Waals surface area contributed by atoms with Crippen LogP contribution in [-0.4, -0.2) is 17.4 Å². The molecule has 17 heavy (non-hydrogen) atoms. The van der Waals surface area contributed by atoms with E-state index in [2.05, 4.69) is 11.9 Å². The van der Waals surface area contributed by atoms with Crippen LogP contribution in [0.15, 0.2) is 23.2 Å². The maximum Gasteiger partial charge on any atom is 0.127 e. The van der Waals surface area contributed by atoms with Gasteiger partial charge in [-0.1, -0.05) is 31.9 Å². The summed E-state index contributed by atoms with van der Waals surface area (Å²) in [7, 11) is 0. The smallest absolute Gasteiger partial charge is 0.127 e. The van der Waals surface area contributed by atoms with Crippen LogP contribution in [0.25, 0.3) is 0 Å². The molecule has 2 heteroatoms. The Morgan fingerprint density at radius 2 is 2.24 bits per heavy atom. The van der Waals surface area contributed by atoms with Gasteiger partial charge in [-0.2, -0.15) is 0 Å². The van der Waals surface area contributed by atoms with Crippen LogP contribution in [0.4, 0.5) is 0 Å². The predicted molar refractivity (Wildman–Crippen MR) is 71.9 cm³/mol. The third-order valence-electron chi connectivity index (χ3n) is 3.82. The van der Waals surface area contributed by atoms with E-state index in [4.69, 9.17) is 0 Å². The number of hydrogen-bond acceptors (Lipinski definition) is 2. The molecule has 0 saturated heterocycles. The summed E-state index contributed by atoms with van der Waals surface area (Å²) in [6.07, 6.45) is 6.85. The van der Waals surface area contributed by atoms with Gasteiger partial charge in [0, 0.05) is 11.8 Å². The van der Waals surface area contributed by atoms with E-state index in [0.717, 1.165) is 17.0 Å². The Kier molecular flexibility index (Phi) is 3.82. The van der Waals surface area contributed by atoms with Gasteiger partial charge in [-0.15, -0.1) is 0 Å². The Morgan fingerprint density at radius 3 is 3.00 bits per heavy atom. The van der Waals surface area contributed by atoms with Crippen LogP contribution in [0.2, 0.25) is 0 Å². The molecule has 0 spiro atoms. The second-order valence-corrected chi connectivity index (χ2v) is 4.96. The molecule has 1 aliphatic rings. The number of aliphatic imine (C=N–C) groups is 1. The van der Waals surface area contributed by atoms with Crippen molar-refractivity contribution in [2.24, 2.45) is 10.9 Å². The van der Waals surface area contributed by atoms with Crippen LogP contribution in [0.5, 0.6) is 5.75 Å². The molecule has 0 radical (unpaired) electrons. The van der Waals surface area contributed by atoms with Crippen molar-refractivity contribution in [1.29, 1.82) is 0 Å². The number of aromatic hydroxyl groups is 1. The highest BCUT2D eigenvalue weighted by Gasteiger charge is 2.24. The minimum Gasteiger partial charge on any atom is -0.507 e. The van der Waals surface area contributed by atoms with Gasteiger partial charge in [0.2, 0.25) is 0 Å². The fourth-order valence-electron chi connectivity index (χ4n) is 2.65. The zero-order valence-electron chi connectivity index (χ0n) is 10.7. The molecule has 2 rings (SSSR count). The molecule has 1 saturated carbocycles. The van der Waals surface area contributed by atoms with Gasteiger partial charge < -0.3 is 5.11 Å². The largest absolute Gasteiger partial charge is 0.507 e. The van der Waals surface area contributed by atoms with Crippen molar-refractivity contribution >= 4 is 6.21 Å². The number of hydrogen-bond donors (Lipinski definition) is 1. The number of aryl methyl sites for hydroxylation is 1. The van der Waals surface area contributed by atoms with Crippen LogP contribution in [-0.2, 0) is 0 Å². The maximum absolute atomic E-state index is 9.90. The summed E-state index contributed by atoms with van der Waals surface area (Å²) >= 11 is 0. The summed E-state index contributed by atoms with van der Waals surface area (Å²) in [4.78, 5) is 4.66. The summed E-state index contributed by atoms with van der Waals surface area (Å²) in [6.45, 7) is 4.15. The monoisotopic (exact) mass is 231 g/mol. The summed E-state index contributed by atoms with van der Waals surface area (Å²) in [5.74, 6) is 1.10. The van der Waals surface area contributed by atoms with Crippen molar-refractivity contribution in [2.75, 3.05) is 0 Å². The Balaban J connectivity index is 2.12. The lowest BCUT2D eigenvalue weighted by molar-refractivity contribution is 0.466. The van der Waals surface area contributed by atoms with E-state index in [1.807, 2.05) is 31.3 Å². The third-order valence-corrected chi connectivity index (χ3v) is 3.82. The SMILES string of the molecule is CCC1CCCC1N=Cc1cccc(C)c1O. The molecule has 0 aromatic heterocycles. The first kappa shape index (κ1) is 12.2. The number of rotatable bonds is 3. The third kappa shape index (κ3) is 2.68. The maximum atomic E-state index is 9.90. The minimum atomic E-state index is 0.363. The molecule has 1 aliphatic carbocycles. The van der Waals surface area contributed by atoms with Crippen molar-refractivity contribution in [2.45, 2.75) is 45.6 Å². The average Bonchev–Trinajstić information content (AvgIpc) is 2.78. The highest BCUT2D eigenvalue weighted by molar-refractivity contribution is 5.84. The van der Waals surface area contributed by atoms with Crippen molar-refractivity contribution < 1.29 is 5.11 Å². The Morgan fingerprint density at radius 1 is 1.41 bits per heavy atom. The van der Waals surface area contributed by atoms with Crippen LogP contribution in [0.1, 0.15) is 43.7 Å². The molecule has 0 bridgehead atoms. The summed E-state index contributed by atoms with van der Waals surface area (Å²) in [5, 5.41) is 9.90. The van der Waals surface area contributed by atoms with Gasteiger partial charge in [-0.25, -0.2) is 0 Å². The molecule has 2 unspecified atom stereocenters. The van der Waals surface area contributed by atoms with Gasteiger partial charge in [-0.05, 0) is 37.3 Å². The zero-order chi connectivity index (χ0) is 12.3. The summed E-state index contributed by atoms with van der Waals surface area (Å²) < 4.78 is 0. The van der Waals surface area contributed by atoms with Gasteiger partial charge in [0.25, 0.3) is 0 Å². The fraction of sp³-hybridized carbons (Fsp3) is 0.533. The Hall–Kier alpha value is -1.31. The van der Waals surface area contributed by atoms with Gasteiger partial charge >= 0.3 is 0 Å². The first-order valence-corrected chi connectivity index (χ1v) is 6.54. The molecule has 92 valence electrons. The first-order chi connectivity index (χ1) is 8.22. The zero-order valence-corrected chi connectivity index (χ0v) is 10.7. The number of phenolic OH excluding ortho intramolecular Hbond substituents is 1. The van der Waals surface area contributed by atoms with Crippen molar-refractivity contribution in [3.05, 3.63) is 29.3 Å². The highest BCUT2D eigenvalue weighted by atomic mass is 16.3. The number of nitrogens with zero attached hydrogens (tertiary/aromatic N) is 1. The lowest BCUT2D eigenvalue weighted by Gasteiger charge is -2.12. The van der Waals surface area contributed by atoms with Crippen molar-refractivity contribution in [3.8, 4) is 5.75 Å². The second kappa shape index (κ2) is 5.35. The summed E-state index contributed by atoms with van der Waals surface area (Å²) in [5.41, 5.74) is 1.75. The molecule has 1 N–H and O–H groups in total. The standard InChI is InChI=1S/C15H21NO/c1-3-12-7-5-9-14(12)16-10-13-8-4-6-11(2)15(13)17/h4,6,8,10,12,14,17H,3,5,7,9H2,1-2H3. The molecule has 0 aliphatic heterocycles. The molecular formula is C15H21NO. The van der Waals surface area contributed by atoms with Crippen molar-refractivity contribution in [1.82, 2.24) is 0 Å².